The minimum absolute atomic E-state index is 0.00677. The molecule has 0 bridgehead atoms. The molecule has 0 radical (unpaired) electrons. The van der Waals surface area contributed by atoms with Crippen LogP contribution in [0.5, 0.6) is 0 Å². The second-order valence-electron chi connectivity index (χ2n) is 6.07. The quantitative estimate of drug-likeness (QED) is 0.573. The van der Waals surface area contributed by atoms with Gasteiger partial charge in [-0.05, 0) is 37.5 Å². The normalized spacial score (nSPS) is 13.2. The molecule has 0 saturated heterocycles. The molecular formula is C17H13ClFN3O5. The van der Waals surface area contributed by atoms with E-state index in [4.69, 9.17) is 11.6 Å². The third-order valence-corrected chi connectivity index (χ3v) is 4.86. The van der Waals surface area contributed by atoms with E-state index < -0.39 is 32.9 Å². The Hall–Kier alpha value is -3.07. The zero-order chi connectivity index (χ0) is 19.9. The van der Waals surface area contributed by atoms with Gasteiger partial charge in [0.15, 0.2) is 0 Å². The standard InChI is InChI=1S/C17H13ClFN3O5/c1-9-12(7-10(21(24)25)8-15(9)22(26)27)17(23)20-6-2-3-11-13(18)4-5-14(19)16(11)20/h4-5,7-8H,2-3,6H2,1H3. The molecule has 0 saturated carbocycles. The predicted octanol–water partition coefficient (Wildman–Crippen LogP) is 4.20. The third kappa shape index (κ3) is 3.21. The van der Waals surface area contributed by atoms with Crippen molar-refractivity contribution in [2.45, 2.75) is 19.8 Å². The van der Waals surface area contributed by atoms with Gasteiger partial charge < -0.3 is 4.90 Å². The zero-order valence-corrected chi connectivity index (χ0v) is 14.8. The van der Waals surface area contributed by atoms with Gasteiger partial charge in [-0.2, -0.15) is 0 Å². The molecule has 0 N–H and O–H groups in total. The Morgan fingerprint density at radius 1 is 1.22 bits per heavy atom. The average molecular weight is 394 g/mol. The maximum atomic E-state index is 14.4. The molecule has 0 aromatic heterocycles. The van der Waals surface area contributed by atoms with Crippen LogP contribution in [0.1, 0.15) is 27.9 Å². The van der Waals surface area contributed by atoms with E-state index in [1.54, 1.807) is 0 Å². The average Bonchev–Trinajstić information content (AvgIpc) is 2.63. The summed E-state index contributed by atoms with van der Waals surface area (Å²) in [6.45, 7) is 1.49. The summed E-state index contributed by atoms with van der Waals surface area (Å²) in [6.07, 6.45) is 0.988. The van der Waals surface area contributed by atoms with E-state index in [1.165, 1.54) is 13.0 Å². The van der Waals surface area contributed by atoms with Gasteiger partial charge in [0.1, 0.15) is 5.82 Å². The number of benzene rings is 2. The summed E-state index contributed by atoms with van der Waals surface area (Å²) < 4.78 is 14.4. The minimum Gasteiger partial charge on any atom is -0.305 e. The van der Waals surface area contributed by atoms with Crippen LogP contribution in [0, 0.1) is 33.0 Å². The lowest BCUT2D eigenvalue weighted by Gasteiger charge is -2.30. The molecule has 3 rings (SSSR count). The maximum Gasteiger partial charge on any atom is 0.279 e. The van der Waals surface area contributed by atoms with Gasteiger partial charge in [0.2, 0.25) is 0 Å². The number of rotatable bonds is 3. The number of amides is 1. The lowest BCUT2D eigenvalue weighted by molar-refractivity contribution is -0.394. The largest absolute Gasteiger partial charge is 0.305 e. The van der Waals surface area contributed by atoms with Gasteiger partial charge in [0.05, 0.1) is 27.2 Å². The monoisotopic (exact) mass is 393 g/mol. The molecule has 0 atom stereocenters. The number of anilines is 1. The summed E-state index contributed by atoms with van der Waals surface area (Å²) in [5.41, 5.74) is -0.898. The molecule has 2 aromatic carbocycles. The number of halogens is 2. The van der Waals surface area contributed by atoms with Crippen molar-refractivity contribution in [1.82, 2.24) is 0 Å². The lowest BCUT2D eigenvalue weighted by atomic mass is 9.98. The van der Waals surface area contributed by atoms with Crippen molar-refractivity contribution in [3.8, 4) is 0 Å². The van der Waals surface area contributed by atoms with Gasteiger partial charge in [-0.3, -0.25) is 25.0 Å². The van der Waals surface area contributed by atoms with E-state index >= 15 is 0 Å². The summed E-state index contributed by atoms with van der Waals surface area (Å²) >= 11 is 6.11. The molecular weight excluding hydrogens is 381 g/mol. The Labute approximate surface area is 157 Å². The second-order valence-corrected chi connectivity index (χ2v) is 6.48. The summed E-state index contributed by atoms with van der Waals surface area (Å²) in [5, 5.41) is 22.7. The van der Waals surface area contributed by atoms with Gasteiger partial charge in [-0.25, -0.2) is 4.39 Å². The Balaban J connectivity index is 2.18. The van der Waals surface area contributed by atoms with Crippen LogP contribution in [-0.4, -0.2) is 22.3 Å². The van der Waals surface area contributed by atoms with E-state index in [0.29, 0.717) is 23.4 Å². The fourth-order valence-electron chi connectivity index (χ4n) is 3.19. The summed E-state index contributed by atoms with van der Waals surface area (Å²) in [6, 6.07) is 4.30. The lowest BCUT2D eigenvalue weighted by Crippen LogP contribution is -2.37. The smallest absolute Gasteiger partial charge is 0.279 e. The third-order valence-electron chi connectivity index (χ3n) is 4.50. The van der Waals surface area contributed by atoms with Crippen LogP contribution >= 0.6 is 11.6 Å². The molecule has 0 spiro atoms. The molecule has 27 heavy (non-hydrogen) atoms. The molecule has 0 unspecified atom stereocenters. The molecule has 1 heterocycles. The number of carbonyl (C=O) groups is 1. The summed E-state index contributed by atoms with van der Waals surface area (Å²) in [7, 11) is 0. The number of nitro groups is 2. The Kier molecular flexibility index (Phi) is 4.79. The van der Waals surface area contributed by atoms with Crippen molar-refractivity contribution in [1.29, 1.82) is 0 Å². The fourth-order valence-corrected chi connectivity index (χ4v) is 3.44. The first-order valence-corrected chi connectivity index (χ1v) is 8.32. The molecule has 2 aromatic rings. The molecule has 1 aliphatic heterocycles. The van der Waals surface area contributed by atoms with Gasteiger partial charge in [-0.15, -0.1) is 0 Å². The zero-order valence-electron chi connectivity index (χ0n) is 14.1. The first kappa shape index (κ1) is 18.7. The molecule has 140 valence electrons. The van der Waals surface area contributed by atoms with Crippen molar-refractivity contribution in [2.75, 3.05) is 11.4 Å². The number of non-ortho nitro benzene ring substituents is 1. The van der Waals surface area contributed by atoms with Crippen LogP contribution in [0.3, 0.4) is 0 Å². The maximum absolute atomic E-state index is 14.4. The molecule has 0 aliphatic carbocycles. The van der Waals surface area contributed by atoms with Crippen LogP contribution in [0.2, 0.25) is 5.02 Å². The summed E-state index contributed by atoms with van der Waals surface area (Å²) in [4.78, 5) is 34.9. The van der Waals surface area contributed by atoms with Crippen molar-refractivity contribution in [3.05, 3.63) is 72.0 Å². The molecule has 10 heteroatoms. The Morgan fingerprint density at radius 2 is 1.93 bits per heavy atom. The van der Waals surface area contributed by atoms with Gasteiger partial charge in [-0.1, -0.05) is 11.6 Å². The number of fused-ring (bicyclic) bond motifs is 1. The first-order chi connectivity index (χ1) is 12.7. The van der Waals surface area contributed by atoms with Crippen LogP contribution in [-0.2, 0) is 6.42 Å². The van der Waals surface area contributed by atoms with Crippen molar-refractivity contribution in [3.63, 3.8) is 0 Å². The Bertz CT molecular complexity index is 995. The van der Waals surface area contributed by atoms with Crippen molar-refractivity contribution >= 4 is 34.6 Å². The Morgan fingerprint density at radius 3 is 2.56 bits per heavy atom. The summed E-state index contributed by atoms with van der Waals surface area (Å²) in [5.74, 6) is -1.40. The molecule has 1 amide bonds. The van der Waals surface area contributed by atoms with Crippen LogP contribution in [0.25, 0.3) is 0 Å². The van der Waals surface area contributed by atoms with E-state index in [2.05, 4.69) is 0 Å². The molecule has 1 aliphatic rings. The van der Waals surface area contributed by atoms with Gasteiger partial charge in [0, 0.05) is 23.2 Å². The van der Waals surface area contributed by atoms with E-state index in [9.17, 15) is 29.4 Å². The number of nitro benzene ring substituents is 2. The van der Waals surface area contributed by atoms with Crippen molar-refractivity contribution < 1.29 is 19.0 Å². The highest BCUT2D eigenvalue weighted by Gasteiger charge is 2.32. The van der Waals surface area contributed by atoms with Crippen LogP contribution in [0.4, 0.5) is 21.5 Å². The second kappa shape index (κ2) is 6.92. The van der Waals surface area contributed by atoms with Crippen LogP contribution < -0.4 is 4.90 Å². The predicted molar refractivity (Wildman–Crippen MR) is 95.9 cm³/mol. The highest BCUT2D eigenvalue weighted by Crippen LogP contribution is 2.37. The number of nitrogens with zero attached hydrogens (tertiary/aromatic N) is 3. The van der Waals surface area contributed by atoms with E-state index in [1.807, 2.05) is 0 Å². The van der Waals surface area contributed by atoms with Crippen molar-refractivity contribution in [2.24, 2.45) is 0 Å². The van der Waals surface area contributed by atoms with E-state index in [-0.39, 0.29) is 23.4 Å². The SMILES string of the molecule is Cc1c(C(=O)N2CCCc3c(Cl)ccc(F)c32)cc([N+](=O)[O-])cc1[N+](=O)[O-]. The van der Waals surface area contributed by atoms with Crippen LogP contribution in [0.15, 0.2) is 24.3 Å². The first-order valence-electron chi connectivity index (χ1n) is 7.94. The highest BCUT2D eigenvalue weighted by molar-refractivity contribution is 6.32. The fraction of sp³-hybridized carbons (Fsp3) is 0.235. The number of hydrogen-bond donors (Lipinski definition) is 0. The highest BCUT2D eigenvalue weighted by atomic mass is 35.5. The minimum atomic E-state index is -0.815. The molecule has 8 nitrogen and oxygen atoms in total. The van der Waals surface area contributed by atoms with Gasteiger partial charge >= 0.3 is 0 Å². The molecule has 0 fully saturated rings. The van der Waals surface area contributed by atoms with E-state index in [0.717, 1.165) is 23.1 Å². The number of hydrogen-bond acceptors (Lipinski definition) is 5. The topological polar surface area (TPSA) is 107 Å². The number of carbonyl (C=O) groups excluding carboxylic acids is 1. The van der Waals surface area contributed by atoms with Gasteiger partial charge in [0.25, 0.3) is 17.3 Å².